The van der Waals surface area contributed by atoms with Crippen LogP contribution >= 0.6 is 0 Å². The van der Waals surface area contributed by atoms with E-state index in [1.54, 1.807) is 17.0 Å². The Hall–Kier alpha value is -4.14. The normalized spacial score (nSPS) is 12.9. The van der Waals surface area contributed by atoms with E-state index in [4.69, 9.17) is 0 Å². The van der Waals surface area contributed by atoms with Crippen molar-refractivity contribution < 1.29 is 28.2 Å². The lowest BCUT2D eigenvalue weighted by atomic mass is 9.88. The van der Waals surface area contributed by atoms with E-state index in [0.717, 1.165) is 18.2 Å². The molecule has 0 atom stereocenters. The lowest BCUT2D eigenvalue weighted by Gasteiger charge is -2.30. The van der Waals surface area contributed by atoms with E-state index in [9.17, 15) is 33.1 Å². The van der Waals surface area contributed by atoms with E-state index in [1.165, 1.54) is 24.4 Å². The highest BCUT2D eigenvalue weighted by Gasteiger charge is 2.27. The lowest BCUT2D eigenvalue weighted by Crippen LogP contribution is -2.23. The average Bonchev–Trinajstić information content (AvgIpc) is 2.76. The van der Waals surface area contributed by atoms with Crippen LogP contribution in [0.15, 0.2) is 59.9 Å². The Balaban J connectivity index is 1.98. The van der Waals surface area contributed by atoms with E-state index in [1.807, 2.05) is 0 Å². The molecule has 156 valence electrons. The maximum absolute atomic E-state index is 13.9. The standard InChI is InChI=1S/C22H13F3N2O4/c23-19-5-11(6-20(24)21(19)25)17-9-27(12-1-3-13(28)4-2-12)10-18-15(17)7-14(29)8-16(18)22(30)26-31/h1-9,28-29H,10H2. The Labute approximate surface area is 173 Å². The lowest BCUT2D eigenvalue weighted by molar-refractivity contribution is 0.0999. The maximum Gasteiger partial charge on any atom is 0.317 e. The van der Waals surface area contributed by atoms with Gasteiger partial charge in [-0.2, -0.15) is 0 Å². The predicted molar refractivity (Wildman–Crippen MR) is 106 cm³/mol. The van der Waals surface area contributed by atoms with Crippen LogP contribution in [0.3, 0.4) is 0 Å². The summed E-state index contributed by atoms with van der Waals surface area (Å²) < 4.78 is 41.4. The highest BCUT2D eigenvalue weighted by atomic mass is 19.2. The van der Waals surface area contributed by atoms with Crippen LogP contribution in [0, 0.1) is 22.4 Å². The van der Waals surface area contributed by atoms with Gasteiger partial charge in [-0.05, 0) is 65.2 Å². The van der Waals surface area contributed by atoms with Gasteiger partial charge in [-0.3, -0.25) is 4.79 Å². The number of nitrogens with zero attached hydrogens (tertiary/aromatic N) is 2. The molecule has 1 amide bonds. The number of hydrogen-bond acceptors (Lipinski definition) is 5. The zero-order valence-corrected chi connectivity index (χ0v) is 15.6. The van der Waals surface area contributed by atoms with Crippen molar-refractivity contribution in [3.8, 4) is 11.5 Å². The van der Waals surface area contributed by atoms with Gasteiger partial charge in [-0.25, -0.2) is 13.2 Å². The smallest absolute Gasteiger partial charge is 0.317 e. The highest BCUT2D eigenvalue weighted by Crippen LogP contribution is 2.39. The zero-order chi connectivity index (χ0) is 22.3. The number of benzene rings is 3. The van der Waals surface area contributed by atoms with E-state index >= 15 is 0 Å². The summed E-state index contributed by atoms with van der Waals surface area (Å²) in [4.78, 5) is 24.6. The molecule has 1 aliphatic rings. The van der Waals surface area contributed by atoms with E-state index in [2.05, 4.69) is 5.18 Å². The molecule has 0 spiro atoms. The molecule has 0 radical (unpaired) electrons. The first kappa shape index (κ1) is 20.1. The number of phenols is 2. The molecule has 0 saturated carbocycles. The van der Waals surface area contributed by atoms with Crippen molar-refractivity contribution in [3.05, 3.63) is 99.3 Å². The molecule has 1 aliphatic heterocycles. The van der Waals surface area contributed by atoms with Crippen LogP contribution in [-0.4, -0.2) is 16.1 Å². The van der Waals surface area contributed by atoms with Crippen molar-refractivity contribution >= 4 is 17.2 Å². The molecular weight excluding hydrogens is 413 g/mol. The number of nitroso groups, excluding NO2 is 1. The second kappa shape index (κ2) is 7.60. The third kappa shape index (κ3) is 3.61. The SMILES string of the molecule is O=NC(=O)c1cc(O)cc2c1CN(c1ccc(O)cc1)C=C2c1cc(F)c(F)c(F)c1. The summed E-state index contributed by atoms with van der Waals surface area (Å²) in [5.41, 5.74) is 0.995. The summed E-state index contributed by atoms with van der Waals surface area (Å²) in [5.74, 6) is -5.93. The van der Waals surface area contributed by atoms with Crippen molar-refractivity contribution in [1.29, 1.82) is 0 Å². The van der Waals surface area contributed by atoms with Crippen LogP contribution in [0.1, 0.15) is 27.0 Å². The first-order chi connectivity index (χ1) is 14.8. The first-order valence-corrected chi connectivity index (χ1v) is 8.95. The van der Waals surface area contributed by atoms with Crippen LogP contribution in [0.4, 0.5) is 18.9 Å². The second-order valence-corrected chi connectivity index (χ2v) is 6.86. The number of rotatable bonds is 3. The quantitative estimate of drug-likeness (QED) is 0.463. The molecule has 31 heavy (non-hydrogen) atoms. The fourth-order valence-electron chi connectivity index (χ4n) is 3.50. The molecule has 2 N–H and O–H groups in total. The van der Waals surface area contributed by atoms with Gasteiger partial charge in [-0.1, -0.05) is 0 Å². The van der Waals surface area contributed by atoms with Gasteiger partial charge >= 0.3 is 5.91 Å². The molecule has 6 nitrogen and oxygen atoms in total. The Morgan fingerprint density at radius 1 is 0.935 bits per heavy atom. The largest absolute Gasteiger partial charge is 0.508 e. The van der Waals surface area contributed by atoms with Crippen molar-refractivity contribution in [2.45, 2.75) is 6.54 Å². The molecular formula is C22H13F3N2O4. The van der Waals surface area contributed by atoms with E-state index in [0.29, 0.717) is 5.69 Å². The molecule has 0 saturated heterocycles. The van der Waals surface area contributed by atoms with Gasteiger partial charge in [0.1, 0.15) is 11.5 Å². The van der Waals surface area contributed by atoms with E-state index in [-0.39, 0.29) is 45.9 Å². The molecule has 0 aromatic heterocycles. The molecule has 3 aromatic rings. The Bertz CT molecular complexity index is 1230. The topological polar surface area (TPSA) is 90.2 Å². The summed E-state index contributed by atoms with van der Waals surface area (Å²) in [6, 6.07) is 9.91. The van der Waals surface area contributed by atoms with Crippen molar-refractivity contribution in [2.75, 3.05) is 4.90 Å². The Morgan fingerprint density at radius 3 is 2.19 bits per heavy atom. The summed E-state index contributed by atoms with van der Waals surface area (Å²) in [5, 5.41) is 22.0. The van der Waals surface area contributed by atoms with Gasteiger partial charge < -0.3 is 15.1 Å². The van der Waals surface area contributed by atoms with Gasteiger partial charge in [0.25, 0.3) is 0 Å². The molecule has 0 bridgehead atoms. The minimum atomic E-state index is -1.63. The molecule has 3 aromatic carbocycles. The number of carbonyl (C=O) groups excluding carboxylic acids is 1. The summed E-state index contributed by atoms with van der Waals surface area (Å²) in [6.07, 6.45) is 1.50. The summed E-state index contributed by atoms with van der Waals surface area (Å²) >= 11 is 0. The predicted octanol–water partition coefficient (Wildman–Crippen LogP) is 4.83. The van der Waals surface area contributed by atoms with E-state index < -0.39 is 23.4 Å². The third-order valence-electron chi connectivity index (χ3n) is 4.93. The van der Waals surface area contributed by atoms with Crippen molar-refractivity contribution in [3.63, 3.8) is 0 Å². The Kier molecular flexibility index (Phi) is 4.94. The fraction of sp³-hybridized carbons (Fsp3) is 0.0455. The number of amides is 1. The average molecular weight is 426 g/mol. The summed E-state index contributed by atoms with van der Waals surface area (Å²) in [7, 11) is 0. The minimum Gasteiger partial charge on any atom is -0.508 e. The number of hydrogen-bond donors (Lipinski definition) is 2. The molecule has 0 unspecified atom stereocenters. The zero-order valence-electron chi connectivity index (χ0n) is 15.6. The monoisotopic (exact) mass is 426 g/mol. The van der Waals surface area contributed by atoms with Crippen LogP contribution in [0.2, 0.25) is 0 Å². The maximum atomic E-state index is 13.9. The van der Waals surface area contributed by atoms with Crippen LogP contribution in [0.25, 0.3) is 5.57 Å². The molecule has 4 rings (SSSR count). The van der Waals surface area contributed by atoms with Gasteiger partial charge in [0.05, 0.1) is 5.56 Å². The minimum absolute atomic E-state index is 0.0129. The number of anilines is 1. The first-order valence-electron chi connectivity index (χ1n) is 8.95. The number of carbonyl (C=O) groups is 1. The number of aromatic hydroxyl groups is 2. The second-order valence-electron chi connectivity index (χ2n) is 6.86. The molecule has 0 aliphatic carbocycles. The fourth-order valence-corrected chi connectivity index (χ4v) is 3.50. The Morgan fingerprint density at radius 2 is 1.58 bits per heavy atom. The molecule has 9 heteroatoms. The third-order valence-corrected chi connectivity index (χ3v) is 4.93. The molecule has 0 fully saturated rings. The molecule has 1 heterocycles. The van der Waals surface area contributed by atoms with Crippen LogP contribution in [0.5, 0.6) is 11.5 Å². The van der Waals surface area contributed by atoms with Crippen molar-refractivity contribution in [1.82, 2.24) is 0 Å². The van der Waals surface area contributed by atoms with Crippen LogP contribution < -0.4 is 4.90 Å². The van der Waals surface area contributed by atoms with Gasteiger partial charge in [0.15, 0.2) is 17.5 Å². The van der Waals surface area contributed by atoms with Gasteiger partial charge in [-0.15, -0.1) is 4.91 Å². The highest BCUT2D eigenvalue weighted by molar-refractivity contribution is 6.00. The number of halogens is 3. The number of phenolic OH excluding ortho intramolecular Hbond substituents is 2. The number of fused-ring (bicyclic) bond motifs is 1. The van der Waals surface area contributed by atoms with Crippen LogP contribution in [-0.2, 0) is 6.54 Å². The van der Waals surface area contributed by atoms with Gasteiger partial charge in [0, 0.05) is 29.2 Å². The van der Waals surface area contributed by atoms with Crippen molar-refractivity contribution in [2.24, 2.45) is 5.18 Å². The van der Waals surface area contributed by atoms with Gasteiger partial charge in [0.2, 0.25) is 0 Å². The summed E-state index contributed by atoms with van der Waals surface area (Å²) in [6.45, 7) is 0.0483.